The fourth-order valence-electron chi connectivity index (χ4n) is 1.95. The van der Waals surface area contributed by atoms with Gasteiger partial charge in [-0.15, -0.1) is 0 Å². The zero-order valence-corrected chi connectivity index (χ0v) is 13.5. The van der Waals surface area contributed by atoms with E-state index >= 15 is 0 Å². The van der Waals surface area contributed by atoms with Crippen molar-refractivity contribution >= 4 is 7.41 Å². The lowest BCUT2D eigenvalue weighted by molar-refractivity contribution is 0.745. The molecule has 1 aliphatic heterocycles. The van der Waals surface area contributed by atoms with Gasteiger partial charge in [-0.1, -0.05) is 51.1 Å². The molecular weight excluding hydrogens is 237 g/mol. The van der Waals surface area contributed by atoms with E-state index in [1.807, 2.05) is 19.9 Å². The van der Waals surface area contributed by atoms with Crippen molar-refractivity contribution in [1.82, 2.24) is 0 Å². The molecule has 1 nitrogen and oxygen atoms in total. The van der Waals surface area contributed by atoms with Crippen LogP contribution in [0.15, 0.2) is 30.3 Å². The molecule has 0 amide bonds. The van der Waals surface area contributed by atoms with Gasteiger partial charge in [0.15, 0.2) is 0 Å². The minimum atomic E-state index is -0.837. The molecule has 0 spiro atoms. The summed E-state index contributed by atoms with van der Waals surface area (Å²) in [6, 6.07) is 10.5. The van der Waals surface area contributed by atoms with Crippen LogP contribution in [0.25, 0.3) is 0 Å². The second-order valence-electron chi connectivity index (χ2n) is 4.83. The summed E-state index contributed by atoms with van der Waals surface area (Å²) in [4.78, 5) is 0. The lowest BCUT2D eigenvalue weighted by Gasteiger charge is -2.21. The van der Waals surface area contributed by atoms with Crippen molar-refractivity contribution in [3.05, 3.63) is 35.9 Å². The lowest BCUT2D eigenvalue weighted by Crippen LogP contribution is -2.15. The topological polar surface area (TPSA) is 26.0 Å². The van der Waals surface area contributed by atoms with Gasteiger partial charge >= 0.3 is 0 Å². The van der Waals surface area contributed by atoms with Crippen molar-refractivity contribution in [2.45, 2.75) is 46.5 Å². The van der Waals surface area contributed by atoms with E-state index in [0.29, 0.717) is 0 Å². The Morgan fingerprint density at radius 1 is 1.00 bits per heavy atom. The Hall–Kier alpha value is -0.390. The molecule has 1 heterocycles. The van der Waals surface area contributed by atoms with Crippen LogP contribution in [0.1, 0.15) is 45.6 Å². The summed E-state index contributed by atoms with van der Waals surface area (Å²) in [5, 5.41) is 0. The minimum Gasteiger partial charge on any atom is -0.205 e. The number of aryl methyl sites for hydroxylation is 1. The first-order valence-corrected chi connectivity index (χ1v) is 9.98. The molecule has 1 aromatic rings. The zero-order valence-electron chi connectivity index (χ0n) is 12.7. The second kappa shape index (κ2) is 10.5. The van der Waals surface area contributed by atoms with E-state index in [4.69, 9.17) is 5.50 Å². The second-order valence-corrected chi connectivity index (χ2v) is 8.68. The first-order chi connectivity index (χ1) is 8.64. The highest BCUT2D eigenvalue weighted by atomic mass is 31.2. The average molecular weight is 268 g/mol. The van der Waals surface area contributed by atoms with Gasteiger partial charge in [0.05, 0.1) is 26.4 Å². The third-order valence-electron chi connectivity index (χ3n) is 3.09. The zero-order chi connectivity index (χ0) is 13.9. The Bertz CT molecular complexity index is 274. The third-order valence-corrected chi connectivity index (χ3v) is 5.76. The molecule has 2 heteroatoms. The molecule has 1 aromatic carbocycles. The molecule has 0 bridgehead atoms. The van der Waals surface area contributed by atoms with Gasteiger partial charge in [-0.05, 0) is 31.2 Å². The van der Waals surface area contributed by atoms with Crippen LogP contribution in [0.5, 0.6) is 0 Å². The summed E-state index contributed by atoms with van der Waals surface area (Å²) in [7, 11) is -0.837. The first-order valence-electron chi connectivity index (χ1n) is 7.31. The molecule has 1 aliphatic rings. The van der Waals surface area contributed by atoms with E-state index in [0.717, 1.165) is 6.42 Å². The van der Waals surface area contributed by atoms with Crippen LogP contribution in [0.2, 0.25) is 0 Å². The highest BCUT2D eigenvalue weighted by Crippen LogP contribution is 2.50. The molecule has 1 fully saturated rings. The molecule has 0 radical (unpaired) electrons. The highest BCUT2D eigenvalue weighted by molar-refractivity contribution is 7.72. The molecule has 1 saturated heterocycles. The molecule has 104 valence electrons. The van der Waals surface area contributed by atoms with Crippen molar-refractivity contribution in [2.24, 2.45) is 5.50 Å². The maximum absolute atomic E-state index is 5.99. The number of rotatable bonds is 1. The molecule has 0 aromatic heterocycles. The third kappa shape index (κ3) is 8.66. The molecule has 18 heavy (non-hydrogen) atoms. The van der Waals surface area contributed by atoms with E-state index in [9.17, 15) is 0 Å². The van der Waals surface area contributed by atoms with Gasteiger partial charge in [-0.3, -0.25) is 0 Å². The van der Waals surface area contributed by atoms with Crippen LogP contribution in [0, 0.1) is 0 Å². The van der Waals surface area contributed by atoms with E-state index in [-0.39, 0.29) is 0 Å². The van der Waals surface area contributed by atoms with Gasteiger partial charge in [-0.25, -0.2) is 5.50 Å². The predicted octanol–water partition coefficient (Wildman–Crippen LogP) is 4.97. The van der Waals surface area contributed by atoms with Crippen molar-refractivity contribution in [3.63, 3.8) is 0 Å². The standard InChI is InChI=1S/C8H10.C6H15NP.C2H6/c1-2-8-6-4-3-5-7-8;1-8(7)5-3-2-4-6-8;1-2/h3-7H,2H2,1H3;2-7H2,1H3;1-2H3/q;+1;. The van der Waals surface area contributed by atoms with Crippen LogP contribution < -0.4 is 5.50 Å². The van der Waals surface area contributed by atoms with Gasteiger partial charge in [0.25, 0.3) is 0 Å². The van der Waals surface area contributed by atoms with E-state index in [1.54, 1.807) is 0 Å². The molecule has 2 rings (SSSR count). The van der Waals surface area contributed by atoms with E-state index in [2.05, 4.69) is 37.9 Å². The fraction of sp³-hybridized carbons (Fsp3) is 0.625. The van der Waals surface area contributed by atoms with Gasteiger partial charge in [0.2, 0.25) is 0 Å². The Morgan fingerprint density at radius 3 is 1.78 bits per heavy atom. The highest BCUT2D eigenvalue weighted by Gasteiger charge is 2.27. The fourth-order valence-corrected chi connectivity index (χ4v) is 4.06. The predicted molar refractivity (Wildman–Crippen MR) is 87.8 cm³/mol. The van der Waals surface area contributed by atoms with Crippen molar-refractivity contribution in [1.29, 1.82) is 0 Å². The van der Waals surface area contributed by atoms with Gasteiger partial charge in [-0.2, -0.15) is 0 Å². The maximum atomic E-state index is 5.99. The molecular formula is C16H31NP+. The Kier molecular flexibility index (Phi) is 10.3. The smallest absolute Gasteiger partial charge is 0.0744 e. The maximum Gasteiger partial charge on any atom is 0.0744 e. The summed E-state index contributed by atoms with van der Waals surface area (Å²) in [6.45, 7) is 8.43. The number of nitrogens with two attached hydrogens (primary N) is 1. The molecule has 2 N–H and O–H groups in total. The largest absolute Gasteiger partial charge is 0.205 e. The van der Waals surface area contributed by atoms with Crippen LogP contribution >= 0.6 is 7.41 Å². The average Bonchev–Trinajstić information content (AvgIpc) is 2.42. The summed E-state index contributed by atoms with van der Waals surface area (Å²) >= 11 is 0. The number of hydrogen-bond acceptors (Lipinski definition) is 1. The van der Waals surface area contributed by atoms with Crippen LogP contribution in [-0.2, 0) is 6.42 Å². The Labute approximate surface area is 115 Å². The van der Waals surface area contributed by atoms with E-state index in [1.165, 1.54) is 37.1 Å². The van der Waals surface area contributed by atoms with Crippen LogP contribution in [-0.4, -0.2) is 19.0 Å². The molecule has 0 unspecified atom stereocenters. The summed E-state index contributed by atoms with van der Waals surface area (Å²) in [6.07, 6.45) is 8.02. The monoisotopic (exact) mass is 268 g/mol. The minimum absolute atomic E-state index is 0.837. The SMILES string of the molecule is CC.CCc1ccccc1.C[P+]1(N)CCCCC1. The number of benzene rings is 1. The summed E-state index contributed by atoms with van der Waals surface area (Å²) < 4.78 is 0. The lowest BCUT2D eigenvalue weighted by atomic mass is 10.2. The molecule has 0 atom stereocenters. The number of hydrogen-bond donors (Lipinski definition) is 1. The van der Waals surface area contributed by atoms with Gasteiger partial charge in [0.1, 0.15) is 0 Å². The molecule has 0 saturated carbocycles. The van der Waals surface area contributed by atoms with E-state index < -0.39 is 7.41 Å². The van der Waals surface area contributed by atoms with Crippen molar-refractivity contribution in [3.8, 4) is 0 Å². The quantitative estimate of drug-likeness (QED) is 0.715. The first kappa shape index (κ1) is 17.6. The van der Waals surface area contributed by atoms with Gasteiger partial charge < -0.3 is 0 Å². The summed E-state index contributed by atoms with van der Waals surface area (Å²) in [5.41, 5.74) is 7.40. The van der Waals surface area contributed by atoms with Gasteiger partial charge in [0, 0.05) is 0 Å². The normalized spacial score (nSPS) is 16.7. The van der Waals surface area contributed by atoms with Crippen LogP contribution in [0.4, 0.5) is 0 Å². The van der Waals surface area contributed by atoms with Crippen LogP contribution in [0.3, 0.4) is 0 Å². The van der Waals surface area contributed by atoms with Crippen molar-refractivity contribution in [2.75, 3.05) is 19.0 Å². The Morgan fingerprint density at radius 2 is 1.50 bits per heavy atom. The van der Waals surface area contributed by atoms with Crippen molar-refractivity contribution < 1.29 is 0 Å². The molecule has 0 aliphatic carbocycles. The Balaban J connectivity index is 0.000000283. The summed E-state index contributed by atoms with van der Waals surface area (Å²) in [5.74, 6) is 0.